The second kappa shape index (κ2) is 5.57. The first kappa shape index (κ1) is 15.3. The summed E-state index contributed by atoms with van der Waals surface area (Å²) in [6.45, 7) is 1.08. The first-order chi connectivity index (χ1) is 10.5. The van der Waals surface area contributed by atoms with Crippen LogP contribution in [0.3, 0.4) is 0 Å². The molecule has 0 bridgehead atoms. The van der Waals surface area contributed by atoms with Crippen molar-refractivity contribution < 1.29 is 20.1 Å². The fourth-order valence-electron chi connectivity index (χ4n) is 2.78. The fraction of sp³-hybridized carbons (Fsp3) is 0.667. The van der Waals surface area contributed by atoms with Crippen molar-refractivity contribution in [1.29, 1.82) is 0 Å². The van der Waals surface area contributed by atoms with Gasteiger partial charge in [0.15, 0.2) is 12.4 Å². The third kappa shape index (κ3) is 2.20. The summed E-state index contributed by atoms with van der Waals surface area (Å²) < 4.78 is 7.18. The molecule has 2 aliphatic heterocycles. The van der Waals surface area contributed by atoms with Crippen molar-refractivity contribution in [3.8, 4) is 0 Å². The Labute approximate surface area is 126 Å². The molecule has 1 saturated heterocycles. The van der Waals surface area contributed by atoms with Crippen molar-refractivity contribution >= 4 is 12.2 Å². The predicted molar refractivity (Wildman–Crippen MR) is 76.9 cm³/mol. The number of anilines is 1. The number of fused-ring (bicyclic) bond motifs is 1. The van der Waals surface area contributed by atoms with Gasteiger partial charge < -0.3 is 25.4 Å². The average Bonchev–Trinajstić information content (AvgIpc) is 3.01. The number of hydrogen-bond acceptors (Lipinski definition) is 9. The van der Waals surface area contributed by atoms with Crippen LogP contribution in [0, 0.1) is 0 Å². The zero-order valence-electron chi connectivity index (χ0n) is 12.3. The number of aliphatic imine (C=N–C) groups is 1. The minimum atomic E-state index is -1.57. The van der Waals surface area contributed by atoms with E-state index in [-0.39, 0.29) is 12.8 Å². The minimum Gasteiger partial charge on any atom is -0.394 e. The summed E-state index contributed by atoms with van der Waals surface area (Å²) in [5, 5.41) is 32.9. The molecule has 6 N–H and O–H groups in total. The quantitative estimate of drug-likeness (QED) is 0.353. The standard InChI is InChI=1S/C12H20N6O4/c1-12(21)8(20)6(3-19)22-11(12)18-5-16-7-9(17-13-2)14-4-15-10(7)18/h4-6,8-9,11,13,17,19-21H,3H2,1-2H3,(H,14,15)/t6-,8-,9?,11-,12-/m1/s1. The lowest BCUT2D eigenvalue weighted by atomic mass is 9.96. The molecule has 0 saturated carbocycles. The van der Waals surface area contributed by atoms with Gasteiger partial charge in [0, 0.05) is 0 Å². The third-order valence-electron chi connectivity index (χ3n) is 3.97. The van der Waals surface area contributed by atoms with Gasteiger partial charge in [-0.05, 0) is 14.0 Å². The molecule has 10 heteroatoms. The molecule has 0 aromatic carbocycles. The maximum atomic E-state index is 10.5. The Morgan fingerprint density at radius 1 is 1.55 bits per heavy atom. The first-order valence-corrected chi connectivity index (χ1v) is 6.94. The summed E-state index contributed by atoms with van der Waals surface area (Å²) in [4.78, 5) is 8.50. The van der Waals surface area contributed by atoms with E-state index in [1.54, 1.807) is 11.6 Å². The monoisotopic (exact) mass is 312 g/mol. The SMILES string of the molecule is CNNC1N=CNc2c1ncn2[C@@H]1O[C@H](CO)[C@@H](O)[C@@]1(C)O. The van der Waals surface area contributed by atoms with E-state index < -0.39 is 24.0 Å². The molecule has 3 heterocycles. The molecular weight excluding hydrogens is 292 g/mol. The lowest BCUT2D eigenvalue weighted by Crippen LogP contribution is -2.44. The third-order valence-corrected chi connectivity index (χ3v) is 3.97. The van der Waals surface area contributed by atoms with Crippen LogP contribution in [0.15, 0.2) is 11.3 Å². The van der Waals surface area contributed by atoms with Gasteiger partial charge in [-0.1, -0.05) is 0 Å². The molecule has 122 valence electrons. The Bertz CT molecular complexity index is 574. The Morgan fingerprint density at radius 3 is 2.95 bits per heavy atom. The van der Waals surface area contributed by atoms with Crippen LogP contribution in [0.5, 0.6) is 0 Å². The van der Waals surface area contributed by atoms with Crippen LogP contribution in [0.4, 0.5) is 5.82 Å². The van der Waals surface area contributed by atoms with Gasteiger partial charge in [0.25, 0.3) is 0 Å². The van der Waals surface area contributed by atoms with Crippen LogP contribution in [-0.2, 0) is 4.74 Å². The normalized spacial score (nSPS) is 37.1. The van der Waals surface area contributed by atoms with E-state index in [2.05, 4.69) is 26.1 Å². The largest absolute Gasteiger partial charge is 0.394 e. The highest BCUT2D eigenvalue weighted by atomic mass is 16.6. The minimum absolute atomic E-state index is 0.382. The second-order valence-corrected chi connectivity index (χ2v) is 5.49. The van der Waals surface area contributed by atoms with Gasteiger partial charge in [0.2, 0.25) is 0 Å². The second-order valence-electron chi connectivity index (χ2n) is 5.49. The molecule has 5 atom stereocenters. The molecule has 1 fully saturated rings. The van der Waals surface area contributed by atoms with E-state index in [4.69, 9.17) is 4.74 Å². The number of nitrogens with zero attached hydrogens (tertiary/aromatic N) is 3. The van der Waals surface area contributed by atoms with Gasteiger partial charge in [-0.25, -0.2) is 15.4 Å². The summed E-state index contributed by atoms with van der Waals surface area (Å²) in [5.74, 6) is 0.596. The van der Waals surface area contributed by atoms with E-state index in [1.807, 2.05) is 0 Å². The Balaban J connectivity index is 1.95. The fourth-order valence-corrected chi connectivity index (χ4v) is 2.78. The number of ether oxygens (including phenoxy) is 1. The molecule has 1 unspecified atom stereocenters. The Morgan fingerprint density at radius 2 is 2.32 bits per heavy atom. The maximum Gasteiger partial charge on any atom is 0.168 e. The smallest absolute Gasteiger partial charge is 0.168 e. The molecule has 0 amide bonds. The maximum absolute atomic E-state index is 10.5. The molecule has 0 radical (unpaired) electrons. The summed E-state index contributed by atoms with van der Waals surface area (Å²) in [6, 6.07) is 0. The number of aliphatic hydroxyl groups excluding tert-OH is 2. The lowest BCUT2D eigenvalue weighted by molar-refractivity contribution is -0.0957. The van der Waals surface area contributed by atoms with Gasteiger partial charge in [-0.3, -0.25) is 9.99 Å². The lowest BCUT2D eigenvalue weighted by Gasteiger charge is -2.29. The molecule has 2 aliphatic rings. The zero-order valence-corrected chi connectivity index (χ0v) is 12.3. The van der Waals surface area contributed by atoms with Crippen LogP contribution >= 0.6 is 0 Å². The number of aromatic nitrogens is 2. The highest BCUT2D eigenvalue weighted by molar-refractivity contribution is 5.78. The van der Waals surface area contributed by atoms with Crippen molar-refractivity contribution in [3.05, 3.63) is 12.0 Å². The molecule has 10 nitrogen and oxygen atoms in total. The highest BCUT2D eigenvalue weighted by Crippen LogP contribution is 2.41. The summed E-state index contributed by atoms with van der Waals surface area (Å²) >= 11 is 0. The molecule has 3 rings (SSSR count). The van der Waals surface area contributed by atoms with Gasteiger partial charge in [-0.2, -0.15) is 0 Å². The van der Waals surface area contributed by atoms with E-state index in [0.717, 1.165) is 0 Å². The number of nitrogens with one attached hydrogen (secondary N) is 3. The first-order valence-electron chi connectivity index (χ1n) is 6.94. The molecule has 1 aromatic heterocycles. The number of imidazole rings is 1. The Hall–Kier alpha value is -1.56. The topological polar surface area (TPSA) is 136 Å². The highest BCUT2D eigenvalue weighted by Gasteiger charge is 2.53. The summed E-state index contributed by atoms with van der Waals surface area (Å²) in [7, 11) is 1.72. The number of rotatable bonds is 4. The molecule has 1 aromatic rings. The molecular formula is C12H20N6O4. The van der Waals surface area contributed by atoms with Crippen LogP contribution in [0.2, 0.25) is 0 Å². The zero-order chi connectivity index (χ0) is 15.9. The van der Waals surface area contributed by atoms with Crippen molar-refractivity contribution in [3.63, 3.8) is 0 Å². The van der Waals surface area contributed by atoms with Crippen molar-refractivity contribution in [2.75, 3.05) is 19.0 Å². The molecule has 22 heavy (non-hydrogen) atoms. The van der Waals surface area contributed by atoms with Gasteiger partial charge in [-0.15, -0.1) is 0 Å². The number of hydrogen-bond donors (Lipinski definition) is 6. The van der Waals surface area contributed by atoms with E-state index in [9.17, 15) is 15.3 Å². The Kier molecular flexibility index (Phi) is 3.89. The predicted octanol–water partition coefficient (Wildman–Crippen LogP) is -1.94. The van der Waals surface area contributed by atoms with E-state index in [0.29, 0.717) is 11.5 Å². The van der Waals surface area contributed by atoms with E-state index >= 15 is 0 Å². The summed E-state index contributed by atoms with van der Waals surface area (Å²) in [6.07, 6.45) is -0.315. The molecule has 0 aliphatic carbocycles. The van der Waals surface area contributed by atoms with Gasteiger partial charge in [0.05, 0.1) is 19.3 Å². The van der Waals surface area contributed by atoms with Crippen LogP contribution in [0.1, 0.15) is 25.0 Å². The van der Waals surface area contributed by atoms with Gasteiger partial charge >= 0.3 is 0 Å². The van der Waals surface area contributed by atoms with Crippen molar-refractivity contribution in [2.45, 2.75) is 37.1 Å². The van der Waals surface area contributed by atoms with Gasteiger partial charge in [0.1, 0.15) is 29.3 Å². The van der Waals surface area contributed by atoms with E-state index in [1.165, 1.54) is 19.6 Å². The number of aliphatic hydroxyl groups is 3. The average molecular weight is 312 g/mol. The molecule has 0 spiro atoms. The van der Waals surface area contributed by atoms with Crippen LogP contribution < -0.4 is 16.2 Å². The number of hydrazine groups is 1. The van der Waals surface area contributed by atoms with Crippen molar-refractivity contribution in [1.82, 2.24) is 20.4 Å². The van der Waals surface area contributed by atoms with Crippen molar-refractivity contribution in [2.24, 2.45) is 4.99 Å². The summed E-state index contributed by atoms with van der Waals surface area (Å²) in [5.41, 5.74) is 4.80. The van der Waals surface area contributed by atoms with Crippen LogP contribution in [0.25, 0.3) is 0 Å². The van der Waals surface area contributed by atoms with Crippen LogP contribution in [-0.4, -0.2) is 62.7 Å².